The lowest BCUT2D eigenvalue weighted by Crippen LogP contribution is -2.29. The van der Waals surface area contributed by atoms with Crippen LogP contribution in [0.15, 0.2) is 12.2 Å². The summed E-state index contributed by atoms with van der Waals surface area (Å²) >= 11 is 0. The van der Waals surface area contributed by atoms with E-state index >= 15 is 0 Å². The molecule has 1 atom stereocenters. The van der Waals surface area contributed by atoms with Gasteiger partial charge in [0, 0.05) is 13.1 Å². The first-order valence-corrected chi connectivity index (χ1v) is 5.76. The van der Waals surface area contributed by atoms with Crippen molar-refractivity contribution in [1.29, 1.82) is 0 Å². The van der Waals surface area contributed by atoms with Gasteiger partial charge in [0.25, 0.3) is 0 Å². The molecule has 1 unspecified atom stereocenters. The van der Waals surface area contributed by atoms with Crippen molar-refractivity contribution in [2.24, 2.45) is 5.92 Å². The Kier molecular flexibility index (Phi) is 5.20. The van der Waals surface area contributed by atoms with E-state index in [0.29, 0.717) is 0 Å². The maximum Gasteiger partial charge on any atom is 0.0202 e. The van der Waals surface area contributed by atoms with Crippen LogP contribution in [0.3, 0.4) is 0 Å². The molecule has 0 aromatic heterocycles. The van der Waals surface area contributed by atoms with Crippen molar-refractivity contribution < 1.29 is 0 Å². The maximum atomic E-state index is 4.08. The molecule has 1 aliphatic rings. The second kappa shape index (κ2) is 6.20. The molecule has 1 fully saturated rings. The fourth-order valence-corrected chi connectivity index (χ4v) is 2.10. The van der Waals surface area contributed by atoms with E-state index in [2.05, 4.69) is 23.7 Å². The Morgan fingerprint density at radius 2 is 2.21 bits per heavy atom. The highest BCUT2D eigenvalue weighted by atomic mass is 15.1. The van der Waals surface area contributed by atoms with E-state index in [1.54, 1.807) is 0 Å². The molecule has 1 N–H and O–H groups in total. The van der Waals surface area contributed by atoms with Gasteiger partial charge in [-0.1, -0.05) is 13.5 Å². The van der Waals surface area contributed by atoms with Gasteiger partial charge >= 0.3 is 0 Å². The van der Waals surface area contributed by atoms with Crippen LogP contribution in [-0.2, 0) is 0 Å². The third kappa shape index (κ3) is 4.25. The van der Waals surface area contributed by atoms with Gasteiger partial charge in [-0.25, -0.2) is 0 Å². The Labute approximate surface area is 88.4 Å². The van der Waals surface area contributed by atoms with Gasteiger partial charge in [-0.3, -0.25) is 4.90 Å². The maximum absolute atomic E-state index is 4.08. The minimum atomic E-state index is 0.914. The largest absolute Gasteiger partial charge is 0.316 e. The molecule has 1 rings (SSSR count). The first kappa shape index (κ1) is 11.7. The van der Waals surface area contributed by atoms with Crippen molar-refractivity contribution in [2.45, 2.75) is 26.2 Å². The summed E-state index contributed by atoms with van der Waals surface area (Å²) in [6.07, 6.45) is 4.11. The molecule has 1 saturated heterocycles. The highest BCUT2D eigenvalue weighted by molar-refractivity contribution is 4.99. The van der Waals surface area contributed by atoms with Crippen LogP contribution >= 0.6 is 0 Å². The SMILES string of the molecule is C=C(CNC)CN1CCCC(C)CC1. The van der Waals surface area contributed by atoms with E-state index < -0.39 is 0 Å². The van der Waals surface area contributed by atoms with Gasteiger partial charge in [-0.05, 0) is 50.9 Å². The highest BCUT2D eigenvalue weighted by Crippen LogP contribution is 2.16. The molecule has 0 aromatic carbocycles. The van der Waals surface area contributed by atoms with Crippen LogP contribution in [0.2, 0.25) is 0 Å². The zero-order chi connectivity index (χ0) is 10.4. The second-order valence-electron chi connectivity index (χ2n) is 4.59. The van der Waals surface area contributed by atoms with Crippen LogP contribution in [0, 0.1) is 5.92 Å². The number of rotatable bonds is 4. The first-order valence-electron chi connectivity index (χ1n) is 5.76. The van der Waals surface area contributed by atoms with Crippen molar-refractivity contribution in [3.05, 3.63) is 12.2 Å². The van der Waals surface area contributed by atoms with Crippen molar-refractivity contribution in [3.8, 4) is 0 Å². The van der Waals surface area contributed by atoms with Crippen molar-refractivity contribution in [1.82, 2.24) is 10.2 Å². The highest BCUT2D eigenvalue weighted by Gasteiger charge is 2.13. The molecule has 2 heteroatoms. The third-order valence-corrected chi connectivity index (χ3v) is 2.98. The van der Waals surface area contributed by atoms with E-state index in [1.165, 1.54) is 37.9 Å². The third-order valence-electron chi connectivity index (χ3n) is 2.98. The average molecular weight is 196 g/mol. The van der Waals surface area contributed by atoms with E-state index in [4.69, 9.17) is 0 Å². The molecule has 0 aromatic rings. The van der Waals surface area contributed by atoms with Crippen molar-refractivity contribution >= 4 is 0 Å². The number of likely N-dealkylation sites (N-methyl/N-ethyl adjacent to an activating group) is 1. The number of hydrogen-bond acceptors (Lipinski definition) is 2. The summed E-state index contributed by atoms with van der Waals surface area (Å²) in [4.78, 5) is 2.54. The van der Waals surface area contributed by atoms with Crippen molar-refractivity contribution in [2.75, 3.05) is 33.2 Å². The molecule has 0 radical (unpaired) electrons. The Balaban J connectivity index is 2.26. The molecule has 14 heavy (non-hydrogen) atoms. The van der Waals surface area contributed by atoms with Gasteiger partial charge in [-0.15, -0.1) is 0 Å². The lowest BCUT2D eigenvalue weighted by molar-refractivity contribution is 0.303. The van der Waals surface area contributed by atoms with Crippen LogP contribution in [0.5, 0.6) is 0 Å². The molecule has 0 saturated carbocycles. The van der Waals surface area contributed by atoms with Crippen LogP contribution < -0.4 is 5.32 Å². The minimum absolute atomic E-state index is 0.914. The summed E-state index contributed by atoms with van der Waals surface area (Å²) in [6.45, 7) is 11.0. The smallest absolute Gasteiger partial charge is 0.0202 e. The Morgan fingerprint density at radius 3 is 2.93 bits per heavy atom. The fraction of sp³-hybridized carbons (Fsp3) is 0.833. The standard InChI is InChI=1S/C12H24N2/c1-11-5-4-7-14(8-6-11)10-12(2)9-13-3/h11,13H,2,4-10H2,1,3H3. The molecule has 0 aliphatic carbocycles. The quantitative estimate of drug-likeness (QED) is 0.691. The molecule has 82 valence electrons. The number of nitrogens with one attached hydrogen (secondary N) is 1. The van der Waals surface area contributed by atoms with Gasteiger partial charge in [-0.2, -0.15) is 0 Å². The molecule has 1 aliphatic heterocycles. The van der Waals surface area contributed by atoms with Crippen LogP contribution in [0.25, 0.3) is 0 Å². The zero-order valence-electron chi connectivity index (χ0n) is 9.68. The summed E-state index contributed by atoms with van der Waals surface area (Å²) in [5, 5.41) is 3.16. The normalized spacial score (nSPS) is 24.6. The number of nitrogens with zero attached hydrogens (tertiary/aromatic N) is 1. The van der Waals surface area contributed by atoms with Crippen LogP contribution in [0.1, 0.15) is 26.2 Å². The van der Waals surface area contributed by atoms with Gasteiger partial charge in [0.2, 0.25) is 0 Å². The molecule has 0 spiro atoms. The molecule has 2 nitrogen and oxygen atoms in total. The fourth-order valence-electron chi connectivity index (χ4n) is 2.10. The van der Waals surface area contributed by atoms with Gasteiger partial charge in [0.05, 0.1) is 0 Å². The average Bonchev–Trinajstić information content (AvgIpc) is 2.32. The summed E-state index contributed by atoms with van der Waals surface area (Å²) in [6, 6.07) is 0. The van der Waals surface area contributed by atoms with Gasteiger partial charge < -0.3 is 5.32 Å². The monoisotopic (exact) mass is 196 g/mol. The predicted molar refractivity (Wildman–Crippen MR) is 62.5 cm³/mol. The topological polar surface area (TPSA) is 15.3 Å². The molecular weight excluding hydrogens is 172 g/mol. The summed E-state index contributed by atoms with van der Waals surface area (Å²) < 4.78 is 0. The van der Waals surface area contributed by atoms with E-state index in [0.717, 1.165) is 19.0 Å². The van der Waals surface area contributed by atoms with Gasteiger partial charge in [0.1, 0.15) is 0 Å². The van der Waals surface area contributed by atoms with Crippen molar-refractivity contribution in [3.63, 3.8) is 0 Å². The van der Waals surface area contributed by atoms with Gasteiger partial charge in [0.15, 0.2) is 0 Å². The summed E-state index contributed by atoms with van der Waals surface area (Å²) in [7, 11) is 1.98. The lowest BCUT2D eigenvalue weighted by atomic mass is 10.0. The minimum Gasteiger partial charge on any atom is -0.316 e. The van der Waals surface area contributed by atoms with Crippen LogP contribution in [0.4, 0.5) is 0 Å². The summed E-state index contributed by atoms with van der Waals surface area (Å²) in [5.41, 5.74) is 1.31. The van der Waals surface area contributed by atoms with Crippen LogP contribution in [-0.4, -0.2) is 38.1 Å². The second-order valence-corrected chi connectivity index (χ2v) is 4.59. The van der Waals surface area contributed by atoms with E-state index in [-0.39, 0.29) is 0 Å². The Bertz CT molecular complexity index is 177. The number of hydrogen-bond donors (Lipinski definition) is 1. The molecule has 1 heterocycles. The summed E-state index contributed by atoms with van der Waals surface area (Å²) in [5.74, 6) is 0.914. The molecule has 0 bridgehead atoms. The predicted octanol–water partition coefficient (Wildman–Crippen LogP) is 1.88. The Morgan fingerprint density at radius 1 is 1.43 bits per heavy atom. The van der Waals surface area contributed by atoms with E-state index in [9.17, 15) is 0 Å². The number of likely N-dealkylation sites (tertiary alicyclic amines) is 1. The Hall–Kier alpha value is -0.340. The first-order chi connectivity index (χ1) is 6.72. The molecule has 0 amide bonds. The zero-order valence-corrected chi connectivity index (χ0v) is 9.68. The van der Waals surface area contributed by atoms with E-state index in [1.807, 2.05) is 7.05 Å². The lowest BCUT2D eigenvalue weighted by Gasteiger charge is -2.21. The molecular formula is C12H24N2.